The highest BCUT2D eigenvalue weighted by atomic mass is 35.5. The van der Waals surface area contributed by atoms with Gasteiger partial charge in [0.15, 0.2) is 5.78 Å². The Hall–Kier alpha value is -2.87. The number of benzene rings is 2. The molecule has 0 fully saturated rings. The third-order valence-electron chi connectivity index (χ3n) is 4.81. The lowest BCUT2D eigenvalue weighted by atomic mass is 10.0. The van der Waals surface area contributed by atoms with Crippen molar-refractivity contribution in [1.29, 1.82) is 0 Å². The second-order valence-corrected chi connectivity index (χ2v) is 8.92. The molecule has 3 aromatic rings. The molecular weight excluding hydrogens is 469 g/mol. The summed E-state index contributed by atoms with van der Waals surface area (Å²) in [5.74, 6) is -1.14. The Balaban J connectivity index is 1.79. The van der Waals surface area contributed by atoms with Crippen LogP contribution in [0.2, 0.25) is 10.0 Å². The van der Waals surface area contributed by atoms with Gasteiger partial charge in [0.25, 0.3) is 5.91 Å². The van der Waals surface area contributed by atoms with E-state index in [-0.39, 0.29) is 29.5 Å². The normalized spacial score (nSPS) is 10.6. The number of ketones is 1. The van der Waals surface area contributed by atoms with E-state index in [4.69, 9.17) is 28.9 Å². The average Bonchev–Trinajstić information content (AvgIpc) is 3.21. The van der Waals surface area contributed by atoms with Crippen LogP contribution in [-0.2, 0) is 11.2 Å². The predicted molar refractivity (Wildman–Crippen MR) is 130 cm³/mol. The summed E-state index contributed by atoms with van der Waals surface area (Å²) in [5.41, 5.74) is 7.03. The van der Waals surface area contributed by atoms with Gasteiger partial charge >= 0.3 is 0 Å². The number of amides is 2. The first-order chi connectivity index (χ1) is 15.2. The fourth-order valence-electron chi connectivity index (χ4n) is 3.03. The third-order valence-corrected chi connectivity index (χ3v) is 6.73. The lowest BCUT2D eigenvalue weighted by molar-refractivity contribution is -0.117. The second kappa shape index (κ2) is 10.2. The van der Waals surface area contributed by atoms with E-state index in [0.29, 0.717) is 32.6 Å². The molecule has 1 aromatic heterocycles. The van der Waals surface area contributed by atoms with Crippen LogP contribution >= 0.6 is 34.5 Å². The fourth-order valence-corrected chi connectivity index (χ4v) is 4.50. The summed E-state index contributed by atoms with van der Waals surface area (Å²) in [6.45, 7) is 1.70. The van der Waals surface area contributed by atoms with E-state index in [1.807, 2.05) is 6.92 Å². The first-order valence-electron chi connectivity index (χ1n) is 9.74. The number of nitrogens with two attached hydrogens (primary N) is 1. The minimum Gasteiger partial charge on any atom is -0.398 e. The molecule has 32 heavy (non-hydrogen) atoms. The van der Waals surface area contributed by atoms with Crippen LogP contribution in [0.1, 0.15) is 38.1 Å². The number of likely N-dealkylation sites (N-methyl/N-ethyl adjacent to an activating group) is 1. The van der Waals surface area contributed by atoms with Crippen molar-refractivity contribution in [3.05, 3.63) is 80.1 Å². The highest BCUT2D eigenvalue weighted by molar-refractivity contribution is 7.16. The molecule has 0 unspecified atom stereocenters. The summed E-state index contributed by atoms with van der Waals surface area (Å²) in [7, 11) is 1.57. The molecule has 0 aliphatic carbocycles. The maximum Gasteiger partial charge on any atom is 0.253 e. The van der Waals surface area contributed by atoms with Gasteiger partial charge in [-0.25, -0.2) is 0 Å². The van der Waals surface area contributed by atoms with Crippen LogP contribution in [0.4, 0.5) is 10.7 Å². The molecule has 166 valence electrons. The third kappa shape index (κ3) is 5.12. The van der Waals surface area contributed by atoms with Gasteiger partial charge in [-0.15, -0.1) is 11.3 Å². The van der Waals surface area contributed by atoms with Crippen LogP contribution in [0.3, 0.4) is 0 Å². The summed E-state index contributed by atoms with van der Waals surface area (Å²) in [5, 5.41) is 3.82. The van der Waals surface area contributed by atoms with E-state index in [0.717, 1.165) is 4.88 Å². The van der Waals surface area contributed by atoms with E-state index in [1.165, 1.54) is 28.4 Å². The van der Waals surface area contributed by atoms with Gasteiger partial charge in [-0.3, -0.25) is 14.4 Å². The van der Waals surface area contributed by atoms with Gasteiger partial charge < -0.3 is 16.0 Å². The summed E-state index contributed by atoms with van der Waals surface area (Å²) in [6.07, 6.45) is 0.710. The molecular formula is C23H21Cl2N3O3S. The quantitative estimate of drug-likeness (QED) is 0.367. The van der Waals surface area contributed by atoms with Gasteiger partial charge in [-0.1, -0.05) is 42.3 Å². The molecule has 0 radical (unpaired) electrons. The van der Waals surface area contributed by atoms with Crippen molar-refractivity contribution in [1.82, 2.24) is 5.32 Å². The largest absolute Gasteiger partial charge is 0.398 e. The number of anilines is 2. The Labute approximate surface area is 199 Å². The standard InChI is InChI=1S/C23H21Cl2N3O3S/c1-3-14-11-17(21(30)15-6-4-5-7-18(15)25)23(32-14)28(2)20(29)12-27-22(31)16-9-8-13(24)10-19(16)26/h4-11H,3,12,26H2,1-2H3,(H,27,31). The van der Waals surface area contributed by atoms with E-state index >= 15 is 0 Å². The van der Waals surface area contributed by atoms with Crippen molar-refractivity contribution in [2.75, 3.05) is 24.2 Å². The van der Waals surface area contributed by atoms with Gasteiger partial charge in [-0.05, 0) is 42.8 Å². The number of nitrogen functional groups attached to an aromatic ring is 1. The number of halogens is 2. The van der Waals surface area contributed by atoms with Crippen LogP contribution in [0.5, 0.6) is 0 Å². The number of hydrogen-bond donors (Lipinski definition) is 2. The number of nitrogens with one attached hydrogen (secondary N) is 1. The Morgan fingerprint density at radius 3 is 2.41 bits per heavy atom. The summed E-state index contributed by atoms with van der Waals surface area (Å²) in [6, 6.07) is 13.1. The highest BCUT2D eigenvalue weighted by Crippen LogP contribution is 2.34. The number of thiophene rings is 1. The zero-order chi connectivity index (χ0) is 23.4. The van der Waals surface area contributed by atoms with E-state index in [1.54, 1.807) is 43.4 Å². The van der Waals surface area contributed by atoms with Gasteiger partial charge in [0.05, 0.1) is 22.7 Å². The minimum absolute atomic E-state index is 0.217. The molecule has 2 aromatic carbocycles. The molecule has 0 atom stereocenters. The molecule has 0 spiro atoms. The fraction of sp³-hybridized carbons (Fsp3) is 0.174. The summed E-state index contributed by atoms with van der Waals surface area (Å²) >= 11 is 13.4. The van der Waals surface area contributed by atoms with Crippen LogP contribution in [-0.4, -0.2) is 31.2 Å². The minimum atomic E-state index is -0.492. The Morgan fingerprint density at radius 2 is 1.75 bits per heavy atom. The van der Waals surface area contributed by atoms with Gasteiger partial charge in [-0.2, -0.15) is 0 Å². The van der Waals surface area contributed by atoms with Crippen LogP contribution in [0, 0.1) is 0 Å². The highest BCUT2D eigenvalue weighted by Gasteiger charge is 2.24. The average molecular weight is 490 g/mol. The molecule has 0 bridgehead atoms. The zero-order valence-corrected chi connectivity index (χ0v) is 19.8. The van der Waals surface area contributed by atoms with Crippen molar-refractivity contribution < 1.29 is 14.4 Å². The van der Waals surface area contributed by atoms with E-state index < -0.39 is 5.91 Å². The monoisotopic (exact) mass is 489 g/mol. The van der Waals surface area contributed by atoms with Gasteiger partial charge in [0.2, 0.25) is 5.91 Å². The zero-order valence-electron chi connectivity index (χ0n) is 17.4. The number of hydrogen-bond acceptors (Lipinski definition) is 5. The van der Waals surface area contributed by atoms with Gasteiger partial charge in [0, 0.05) is 28.2 Å². The molecule has 2 amide bonds. The topological polar surface area (TPSA) is 92.5 Å². The lowest BCUT2D eigenvalue weighted by Crippen LogP contribution is -2.38. The van der Waals surface area contributed by atoms with Crippen LogP contribution in [0.15, 0.2) is 48.5 Å². The van der Waals surface area contributed by atoms with Crippen molar-refractivity contribution in [2.24, 2.45) is 0 Å². The number of carbonyl (C=O) groups is 3. The molecule has 1 heterocycles. The van der Waals surface area contributed by atoms with E-state index in [2.05, 4.69) is 5.32 Å². The smallest absolute Gasteiger partial charge is 0.253 e. The molecule has 0 aliphatic heterocycles. The van der Waals surface area contributed by atoms with Crippen molar-refractivity contribution >= 4 is 62.8 Å². The Bertz CT molecular complexity index is 1190. The molecule has 0 aliphatic rings. The Kier molecular flexibility index (Phi) is 7.56. The maximum absolute atomic E-state index is 13.2. The molecule has 3 rings (SSSR count). The number of aryl methyl sites for hydroxylation is 1. The van der Waals surface area contributed by atoms with Crippen molar-refractivity contribution in [2.45, 2.75) is 13.3 Å². The molecule has 3 N–H and O–H groups in total. The van der Waals surface area contributed by atoms with Crippen LogP contribution < -0.4 is 16.0 Å². The lowest BCUT2D eigenvalue weighted by Gasteiger charge is -2.18. The van der Waals surface area contributed by atoms with Crippen LogP contribution in [0.25, 0.3) is 0 Å². The molecule has 0 saturated carbocycles. The summed E-state index contributed by atoms with van der Waals surface area (Å²) in [4.78, 5) is 40.7. The molecule has 9 heteroatoms. The molecule has 0 saturated heterocycles. The van der Waals surface area contributed by atoms with Crippen molar-refractivity contribution in [3.8, 4) is 0 Å². The van der Waals surface area contributed by atoms with E-state index in [9.17, 15) is 14.4 Å². The maximum atomic E-state index is 13.2. The first kappa shape index (κ1) is 23.8. The number of nitrogens with zero attached hydrogens (tertiary/aromatic N) is 1. The SMILES string of the molecule is CCc1cc(C(=O)c2ccccc2Cl)c(N(C)C(=O)CNC(=O)c2ccc(Cl)cc2N)s1. The van der Waals surface area contributed by atoms with Crippen molar-refractivity contribution in [3.63, 3.8) is 0 Å². The Morgan fingerprint density at radius 1 is 1.03 bits per heavy atom. The second-order valence-electron chi connectivity index (χ2n) is 6.96. The predicted octanol–water partition coefficient (Wildman–Crippen LogP) is 4.82. The molecule has 6 nitrogen and oxygen atoms in total. The first-order valence-corrected chi connectivity index (χ1v) is 11.3. The number of carbonyl (C=O) groups excluding carboxylic acids is 3. The summed E-state index contributed by atoms with van der Waals surface area (Å²) < 4.78 is 0. The number of rotatable bonds is 7. The van der Waals surface area contributed by atoms with Gasteiger partial charge in [0.1, 0.15) is 5.00 Å².